The van der Waals surface area contributed by atoms with Crippen LogP contribution < -0.4 is 4.90 Å². The first-order valence-electron chi connectivity index (χ1n) is 7.57. The van der Waals surface area contributed by atoms with E-state index in [0.29, 0.717) is 11.6 Å². The minimum atomic E-state index is -0.562. The Morgan fingerprint density at radius 2 is 1.78 bits per heavy atom. The monoisotopic (exact) mass is 324 g/mol. The van der Waals surface area contributed by atoms with Crippen molar-refractivity contribution in [3.8, 4) is 0 Å². The largest absolute Gasteiger partial charge is 0.299 e. The van der Waals surface area contributed by atoms with Crippen LogP contribution in [0.2, 0.25) is 0 Å². The van der Waals surface area contributed by atoms with Gasteiger partial charge in [0.05, 0.1) is 17.8 Å². The lowest BCUT2D eigenvalue weighted by molar-refractivity contribution is -0.134. The van der Waals surface area contributed by atoms with Crippen LogP contribution in [0.15, 0.2) is 35.8 Å². The highest BCUT2D eigenvalue weighted by Crippen LogP contribution is 2.57. The maximum atomic E-state index is 12.9. The van der Waals surface area contributed by atoms with Crippen LogP contribution in [0.25, 0.3) is 0 Å². The molecule has 4 aliphatic rings. The Hall–Kier alpha value is -2.34. The van der Waals surface area contributed by atoms with Crippen molar-refractivity contribution < 1.29 is 14.4 Å². The fourth-order valence-corrected chi connectivity index (χ4v) is 5.12. The van der Waals surface area contributed by atoms with Gasteiger partial charge in [0, 0.05) is 23.9 Å². The zero-order valence-electron chi connectivity index (χ0n) is 12.0. The molecule has 2 amide bonds. The fourth-order valence-electron chi connectivity index (χ4n) is 4.47. The number of thiazole rings is 1. The molecule has 1 aromatic heterocycles. The number of fused-ring (bicyclic) bond motifs is 1. The Morgan fingerprint density at radius 1 is 1.04 bits per heavy atom. The molecular weight excluding hydrogens is 312 g/mol. The van der Waals surface area contributed by atoms with Gasteiger partial charge in [-0.3, -0.25) is 14.4 Å². The Morgan fingerprint density at radius 3 is 2.52 bits per heavy atom. The standard InChI is InChI=1S/C17H12N2O3S/c20-11-7-10-8-3-1-2-4-9(8)12(11)14-13(10)15(21)19(16(14)22)17-18-5-6-23-17/h1-6,10,12-14H,7H2/t10-,12+,13-,14-/m0/s1. The van der Waals surface area contributed by atoms with Crippen LogP contribution in [0.1, 0.15) is 29.4 Å². The van der Waals surface area contributed by atoms with E-state index in [9.17, 15) is 14.4 Å². The Kier molecular flexibility index (Phi) is 2.48. The summed E-state index contributed by atoms with van der Waals surface area (Å²) in [5.74, 6) is -2.05. The molecule has 3 aliphatic carbocycles. The molecule has 4 atom stereocenters. The second kappa shape index (κ2) is 4.35. The molecule has 5 nitrogen and oxygen atoms in total. The van der Waals surface area contributed by atoms with Crippen LogP contribution in [0, 0.1) is 11.8 Å². The summed E-state index contributed by atoms with van der Waals surface area (Å²) < 4.78 is 0. The molecule has 6 rings (SSSR count). The summed E-state index contributed by atoms with van der Waals surface area (Å²) in [5, 5.41) is 2.15. The van der Waals surface area contributed by atoms with Gasteiger partial charge >= 0.3 is 0 Å². The molecule has 1 saturated carbocycles. The number of carbonyl (C=O) groups excluding carboxylic acids is 3. The van der Waals surface area contributed by atoms with Crippen molar-refractivity contribution in [3.63, 3.8) is 0 Å². The molecule has 0 unspecified atom stereocenters. The van der Waals surface area contributed by atoms with E-state index in [-0.39, 0.29) is 23.5 Å². The van der Waals surface area contributed by atoms with Crippen molar-refractivity contribution in [2.45, 2.75) is 18.3 Å². The van der Waals surface area contributed by atoms with Crippen LogP contribution in [-0.2, 0) is 14.4 Å². The number of rotatable bonds is 1. The third-order valence-electron chi connectivity index (χ3n) is 5.30. The van der Waals surface area contributed by atoms with Crippen LogP contribution in [-0.4, -0.2) is 22.6 Å². The summed E-state index contributed by atoms with van der Waals surface area (Å²) in [5.41, 5.74) is 1.98. The van der Waals surface area contributed by atoms with Gasteiger partial charge in [-0.2, -0.15) is 0 Å². The molecule has 1 aromatic carbocycles. The molecule has 1 aliphatic heterocycles. The number of anilines is 1. The predicted octanol–water partition coefficient (Wildman–Crippen LogP) is 2.10. The average Bonchev–Trinajstić information content (AvgIpc) is 3.16. The number of amides is 2. The summed E-state index contributed by atoms with van der Waals surface area (Å²) in [4.78, 5) is 43.7. The summed E-state index contributed by atoms with van der Waals surface area (Å²) in [6, 6.07) is 7.73. The van der Waals surface area contributed by atoms with Gasteiger partial charge in [0.2, 0.25) is 11.8 Å². The lowest BCUT2D eigenvalue weighted by Crippen LogP contribution is -2.44. The van der Waals surface area contributed by atoms with E-state index < -0.39 is 17.8 Å². The van der Waals surface area contributed by atoms with E-state index in [0.717, 1.165) is 11.1 Å². The molecule has 2 fully saturated rings. The molecule has 0 spiro atoms. The molecule has 0 radical (unpaired) electrons. The summed E-state index contributed by atoms with van der Waals surface area (Å²) in [7, 11) is 0. The van der Waals surface area contributed by atoms with E-state index in [1.807, 2.05) is 24.3 Å². The van der Waals surface area contributed by atoms with Crippen molar-refractivity contribution in [2.24, 2.45) is 11.8 Å². The first-order chi connectivity index (χ1) is 11.2. The first kappa shape index (κ1) is 13.1. The van der Waals surface area contributed by atoms with E-state index in [4.69, 9.17) is 0 Å². The fraction of sp³-hybridized carbons (Fsp3) is 0.294. The van der Waals surface area contributed by atoms with Gasteiger partial charge in [0.1, 0.15) is 5.78 Å². The Balaban J connectivity index is 1.69. The normalized spacial score (nSPS) is 31.5. The van der Waals surface area contributed by atoms with Gasteiger partial charge in [-0.05, 0) is 11.1 Å². The Labute approximate surface area is 135 Å². The number of carbonyl (C=O) groups is 3. The second-order valence-corrected chi connectivity index (χ2v) is 7.13. The van der Waals surface area contributed by atoms with Crippen LogP contribution in [0.4, 0.5) is 5.13 Å². The molecule has 2 aromatic rings. The predicted molar refractivity (Wildman–Crippen MR) is 83.1 cm³/mol. The number of benzene rings is 1. The highest BCUT2D eigenvalue weighted by Gasteiger charge is 2.63. The van der Waals surface area contributed by atoms with Gasteiger partial charge < -0.3 is 0 Å². The van der Waals surface area contributed by atoms with E-state index in [1.54, 1.807) is 11.6 Å². The molecule has 23 heavy (non-hydrogen) atoms. The maximum Gasteiger partial charge on any atom is 0.240 e. The molecule has 114 valence electrons. The summed E-state index contributed by atoms with van der Waals surface area (Å²) in [6.07, 6.45) is 1.94. The second-order valence-electron chi connectivity index (χ2n) is 6.26. The molecule has 2 bridgehead atoms. The number of ketones is 1. The van der Waals surface area contributed by atoms with Gasteiger partial charge in [-0.1, -0.05) is 24.3 Å². The molecule has 6 heteroatoms. The first-order valence-corrected chi connectivity index (χ1v) is 8.45. The van der Waals surface area contributed by atoms with E-state index in [1.165, 1.54) is 16.2 Å². The quantitative estimate of drug-likeness (QED) is 0.754. The smallest absolute Gasteiger partial charge is 0.240 e. The van der Waals surface area contributed by atoms with Crippen molar-refractivity contribution in [3.05, 3.63) is 47.0 Å². The van der Waals surface area contributed by atoms with Crippen molar-refractivity contribution >= 4 is 34.1 Å². The number of hydrogen-bond donors (Lipinski definition) is 0. The minimum absolute atomic E-state index is 0.0806. The summed E-state index contributed by atoms with van der Waals surface area (Å²) in [6.45, 7) is 0. The number of Topliss-reactive ketones (excluding diaryl/α,β-unsaturated/α-hetero) is 1. The maximum absolute atomic E-state index is 12.9. The van der Waals surface area contributed by atoms with Gasteiger partial charge in [0.15, 0.2) is 5.13 Å². The molecule has 1 saturated heterocycles. The molecule has 2 heterocycles. The zero-order valence-corrected chi connectivity index (χ0v) is 12.8. The average molecular weight is 324 g/mol. The van der Waals surface area contributed by atoms with Gasteiger partial charge in [-0.25, -0.2) is 9.88 Å². The van der Waals surface area contributed by atoms with Crippen molar-refractivity contribution in [1.82, 2.24) is 4.98 Å². The highest BCUT2D eigenvalue weighted by molar-refractivity contribution is 7.14. The molecular formula is C17H12N2O3S. The molecule has 0 N–H and O–H groups in total. The lowest BCUT2D eigenvalue weighted by atomic mass is 9.56. The third kappa shape index (κ3) is 1.51. The van der Waals surface area contributed by atoms with Crippen LogP contribution in [0.5, 0.6) is 0 Å². The zero-order chi connectivity index (χ0) is 15.7. The SMILES string of the molecule is O=C1C[C@H]2c3ccccc3[C@H]1[C@@H]1C(=O)N(c3nccs3)C(=O)[C@H]12. The van der Waals surface area contributed by atoms with Crippen LogP contribution >= 0.6 is 11.3 Å². The lowest BCUT2D eigenvalue weighted by Gasteiger charge is -2.43. The number of hydrogen-bond acceptors (Lipinski definition) is 5. The minimum Gasteiger partial charge on any atom is -0.299 e. The van der Waals surface area contributed by atoms with Gasteiger partial charge in [0.25, 0.3) is 0 Å². The number of imide groups is 1. The van der Waals surface area contributed by atoms with Crippen molar-refractivity contribution in [1.29, 1.82) is 0 Å². The van der Waals surface area contributed by atoms with E-state index in [2.05, 4.69) is 4.98 Å². The van der Waals surface area contributed by atoms with Gasteiger partial charge in [-0.15, -0.1) is 11.3 Å². The van der Waals surface area contributed by atoms with Crippen LogP contribution in [0.3, 0.4) is 0 Å². The van der Waals surface area contributed by atoms with E-state index >= 15 is 0 Å². The third-order valence-corrected chi connectivity index (χ3v) is 6.06. The summed E-state index contributed by atoms with van der Waals surface area (Å²) >= 11 is 1.27. The highest BCUT2D eigenvalue weighted by atomic mass is 32.1. The number of nitrogens with zero attached hydrogens (tertiary/aromatic N) is 2. The topological polar surface area (TPSA) is 67.3 Å². The van der Waals surface area contributed by atoms with Crippen molar-refractivity contribution in [2.75, 3.05) is 4.90 Å². The number of aromatic nitrogens is 1. The Bertz CT molecular complexity index is 860.